The van der Waals surface area contributed by atoms with E-state index in [0.29, 0.717) is 16.7 Å². The summed E-state index contributed by atoms with van der Waals surface area (Å²) < 4.78 is 5.80. The van der Waals surface area contributed by atoms with Gasteiger partial charge in [-0.1, -0.05) is 71.8 Å². The van der Waals surface area contributed by atoms with Crippen LogP contribution in [0.2, 0.25) is 10.0 Å². The largest absolute Gasteiger partial charge is 0.489 e. The summed E-state index contributed by atoms with van der Waals surface area (Å²) in [5.74, 6) is 0.761. The number of ether oxygens (including phenoxy) is 1. The summed E-state index contributed by atoms with van der Waals surface area (Å²) in [5.41, 5.74) is 3.15. The summed E-state index contributed by atoms with van der Waals surface area (Å²) in [5, 5.41) is 4.51. The molecule has 27 heavy (non-hydrogen) atoms. The van der Waals surface area contributed by atoms with Gasteiger partial charge in [0.2, 0.25) is 0 Å². The predicted octanol–water partition coefficient (Wildman–Crippen LogP) is 6.08. The van der Waals surface area contributed by atoms with Crippen molar-refractivity contribution in [3.8, 4) is 5.75 Å². The molecule has 0 saturated carbocycles. The zero-order valence-corrected chi connectivity index (χ0v) is 17.0. The van der Waals surface area contributed by atoms with Crippen LogP contribution in [0.3, 0.4) is 0 Å². The van der Waals surface area contributed by atoms with Crippen molar-refractivity contribution in [1.82, 2.24) is 5.32 Å². The van der Waals surface area contributed by atoms with Crippen molar-refractivity contribution < 1.29 is 4.74 Å². The van der Waals surface area contributed by atoms with Crippen LogP contribution in [0.15, 0.2) is 72.8 Å². The molecule has 5 heteroatoms. The molecule has 1 N–H and O–H groups in total. The van der Waals surface area contributed by atoms with Gasteiger partial charge in [-0.3, -0.25) is 0 Å². The van der Waals surface area contributed by atoms with Crippen LogP contribution in [0.25, 0.3) is 0 Å². The lowest BCUT2D eigenvalue weighted by Gasteiger charge is -2.11. The lowest BCUT2D eigenvalue weighted by atomic mass is 10.1. The highest BCUT2D eigenvalue weighted by molar-refractivity contribution is 7.80. The zero-order chi connectivity index (χ0) is 19.1. The molecule has 0 bridgehead atoms. The first kappa shape index (κ1) is 19.7. The van der Waals surface area contributed by atoms with Crippen molar-refractivity contribution in [2.45, 2.75) is 13.0 Å². The molecule has 0 spiro atoms. The Morgan fingerprint density at radius 2 is 1.67 bits per heavy atom. The number of thiocarbonyl (C=S) groups is 1. The highest BCUT2D eigenvalue weighted by atomic mass is 35.5. The minimum atomic E-state index is 0.384. The highest BCUT2D eigenvalue weighted by Gasteiger charge is 2.04. The third-order valence-electron chi connectivity index (χ3n) is 4.07. The fourth-order valence-electron chi connectivity index (χ4n) is 2.57. The molecule has 3 aromatic rings. The van der Waals surface area contributed by atoms with Crippen molar-refractivity contribution in [2.75, 3.05) is 6.54 Å². The van der Waals surface area contributed by atoms with Gasteiger partial charge in [0.25, 0.3) is 0 Å². The second-order valence-electron chi connectivity index (χ2n) is 6.04. The van der Waals surface area contributed by atoms with Gasteiger partial charge < -0.3 is 10.1 Å². The van der Waals surface area contributed by atoms with Gasteiger partial charge in [-0.25, -0.2) is 0 Å². The van der Waals surface area contributed by atoms with Gasteiger partial charge in [0.15, 0.2) is 0 Å². The first-order valence-corrected chi connectivity index (χ1v) is 9.77. The number of nitrogens with one attached hydrogen (secondary N) is 1. The smallest absolute Gasteiger partial charge is 0.119 e. The lowest BCUT2D eigenvalue weighted by molar-refractivity contribution is 0.306. The van der Waals surface area contributed by atoms with E-state index in [-0.39, 0.29) is 0 Å². The Kier molecular flexibility index (Phi) is 7.11. The van der Waals surface area contributed by atoms with E-state index in [1.54, 1.807) is 12.1 Å². The second kappa shape index (κ2) is 9.75. The molecule has 0 aliphatic carbocycles. The van der Waals surface area contributed by atoms with Crippen molar-refractivity contribution >= 4 is 40.4 Å². The zero-order valence-electron chi connectivity index (χ0n) is 14.6. The molecule has 3 rings (SSSR count). The van der Waals surface area contributed by atoms with Crippen LogP contribution in [0.1, 0.15) is 16.7 Å². The van der Waals surface area contributed by atoms with Crippen molar-refractivity contribution in [2.24, 2.45) is 0 Å². The molecule has 0 fully saturated rings. The maximum atomic E-state index is 6.17. The number of rotatable bonds is 7. The molecule has 0 heterocycles. The number of halogens is 2. The molecular formula is C22H19Cl2NOS. The molecule has 3 aromatic carbocycles. The average molecular weight is 416 g/mol. The second-order valence-corrected chi connectivity index (χ2v) is 7.29. The van der Waals surface area contributed by atoms with Gasteiger partial charge in [0.1, 0.15) is 17.3 Å². The van der Waals surface area contributed by atoms with E-state index in [0.717, 1.165) is 34.8 Å². The van der Waals surface area contributed by atoms with E-state index in [2.05, 4.69) is 17.4 Å². The first-order valence-electron chi connectivity index (χ1n) is 8.61. The monoisotopic (exact) mass is 415 g/mol. The normalized spacial score (nSPS) is 10.4. The topological polar surface area (TPSA) is 21.3 Å². The standard InChI is InChI=1S/C22H19Cl2NOS/c23-19-9-6-18(21(24)14-19)15-26-20-10-7-17(8-11-20)22(27)25-13-12-16-4-2-1-3-5-16/h1-11,14H,12-13,15H2,(H,25,27). The van der Waals surface area contributed by atoms with Crippen LogP contribution in [0.5, 0.6) is 5.75 Å². The van der Waals surface area contributed by atoms with Crippen LogP contribution in [0, 0.1) is 0 Å². The summed E-state index contributed by atoms with van der Waals surface area (Å²) in [7, 11) is 0. The molecule has 0 aliphatic heterocycles. The predicted molar refractivity (Wildman–Crippen MR) is 117 cm³/mol. The van der Waals surface area contributed by atoms with Crippen molar-refractivity contribution in [3.05, 3.63) is 99.5 Å². The average Bonchev–Trinajstić information content (AvgIpc) is 2.68. The summed E-state index contributed by atoms with van der Waals surface area (Å²) in [4.78, 5) is 0.734. The van der Waals surface area contributed by atoms with E-state index >= 15 is 0 Å². The lowest BCUT2D eigenvalue weighted by Crippen LogP contribution is -2.24. The Bertz CT molecular complexity index is 898. The minimum absolute atomic E-state index is 0.384. The number of hydrogen-bond donors (Lipinski definition) is 1. The molecule has 0 atom stereocenters. The SMILES string of the molecule is S=C(NCCc1ccccc1)c1ccc(OCc2ccc(Cl)cc2Cl)cc1. The first-order chi connectivity index (χ1) is 13.1. The number of hydrogen-bond acceptors (Lipinski definition) is 2. The summed E-state index contributed by atoms with van der Waals surface area (Å²) >= 11 is 17.5. The molecule has 0 unspecified atom stereocenters. The molecule has 0 saturated heterocycles. The Labute approximate surface area is 175 Å². The van der Waals surface area contributed by atoms with E-state index < -0.39 is 0 Å². The van der Waals surface area contributed by atoms with E-state index in [9.17, 15) is 0 Å². The van der Waals surface area contributed by atoms with Crippen molar-refractivity contribution in [3.63, 3.8) is 0 Å². The van der Waals surface area contributed by atoms with Gasteiger partial charge in [0.05, 0.1) is 0 Å². The van der Waals surface area contributed by atoms with Crippen molar-refractivity contribution in [1.29, 1.82) is 0 Å². The third kappa shape index (κ3) is 5.96. The van der Waals surface area contributed by atoms with Crippen LogP contribution in [-0.2, 0) is 13.0 Å². The maximum Gasteiger partial charge on any atom is 0.119 e. The molecular weight excluding hydrogens is 397 g/mol. The van der Waals surface area contributed by atoms with Gasteiger partial charge in [0, 0.05) is 27.7 Å². The summed E-state index contributed by atoms with van der Waals surface area (Å²) in [6.45, 7) is 1.19. The molecule has 0 aliphatic rings. The fraction of sp³-hybridized carbons (Fsp3) is 0.136. The van der Waals surface area contributed by atoms with Gasteiger partial charge in [-0.2, -0.15) is 0 Å². The minimum Gasteiger partial charge on any atom is -0.489 e. The molecule has 138 valence electrons. The van der Waals surface area contributed by atoms with Gasteiger partial charge in [-0.05, 0) is 48.4 Å². The summed E-state index contributed by atoms with van der Waals surface area (Å²) in [6, 6.07) is 23.4. The van der Waals surface area contributed by atoms with E-state index in [4.69, 9.17) is 40.2 Å². The summed E-state index contributed by atoms with van der Waals surface area (Å²) in [6.07, 6.45) is 0.935. The Hall–Kier alpha value is -2.07. The van der Waals surface area contributed by atoms with Crippen LogP contribution >= 0.6 is 35.4 Å². The Morgan fingerprint density at radius 1 is 0.926 bits per heavy atom. The van der Waals surface area contributed by atoms with Gasteiger partial charge >= 0.3 is 0 Å². The molecule has 0 aromatic heterocycles. The molecule has 0 radical (unpaired) electrons. The number of benzene rings is 3. The van der Waals surface area contributed by atoms with Crippen LogP contribution in [-0.4, -0.2) is 11.5 Å². The maximum absolute atomic E-state index is 6.17. The molecule has 2 nitrogen and oxygen atoms in total. The van der Waals surface area contributed by atoms with Crippen LogP contribution in [0.4, 0.5) is 0 Å². The van der Waals surface area contributed by atoms with E-state index in [1.807, 2.05) is 48.5 Å². The third-order valence-corrected chi connectivity index (χ3v) is 5.03. The van der Waals surface area contributed by atoms with Crippen LogP contribution < -0.4 is 10.1 Å². The van der Waals surface area contributed by atoms with E-state index in [1.165, 1.54) is 5.56 Å². The van der Waals surface area contributed by atoms with Gasteiger partial charge in [-0.15, -0.1) is 0 Å². The molecule has 0 amide bonds. The fourth-order valence-corrected chi connectivity index (χ4v) is 3.27. The quantitative estimate of drug-likeness (QED) is 0.472. The Morgan fingerprint density at radius 3 is 2.37 bits per heavy atom. The highest BCUT2D eigenvalue weighted by Crippen LogP contribution is 2.23. The Balaban J connectivity index is 1.49.